The molecule has 0 spiro atoms. The van der Waals surface area contributed by atoms with Gasteiger partial charge in [0, 0.05) is 72.9 Å². The molecule has 0 radical (unpaired) electrons. The highest BCUT2D eigenvalue weighted by molar-refractivity contribution is 7.90. The molecule has 4 unspecified atom stereocenters. The lowest BCUT2D eigenvalue weighted by Gasteiger charge is -2.25. The van der Waals surface area contributed by atoms with Gasteiger partial charge in [-0.25, -0.2) is 13.9 Å². The average molecular weight is 941 g/mol. The number of rotatable bonds is 20. The van der Waals surface area contributed by atoms with E-state index >= 15 is 0 Å². The van der Waals surface area contributed by atoms with Gasteiger partial charge in [0.2, 0.25) is 0 Å². The van der Waals surface area contributed by atoms with Crippen molar-refractivity contribution in [3.63, 3.8) is 0 Å². The monoisotopic (exact) mass is 940 g/mol. The van der Waals surface area contributed by atoms with Crippen molar-refractivity contribution in [1.29, 1.82) is 0 Å². The number of hydrogen-bond acceptors (Lipinski definition) is 13. The summed E-state index contributed by atoms with van der Waals surface area (Å²) >= 11 is -4.07. The molecule has 0 fully saturated rings. The normalized spacial score (nSPS) is 14.1. The summed E-state index contributed by atoms with van der Waals surface area (Å²) in [6, 6.07) is 16.0. The third-order valence-corrected chi connectivity index (χ3v) is 12.0. The number of imidazole rings is 2. The second-order valence-corrected chi connectivity index (χ2v) is 16.7. The number of aromatic nitrogens is 6. The molecule has 6 rings (SSSR count). The Labute approximate surface area is 368 Å². The van der Waals surface area contributed by atoms with Gasteiger partial charge in [0.05, 0.1) is 46.7 Å². The Morgan fingerprint density at radius 1 is 0.656 bits per heavy atom. The number of alkyl halides is 6. The molecule has 2 aromatic carbocycles. The molecular formula is C41H42F6N6O9S2. The lowest BCUT2D eigenvalue weighted by molar-refractivity contribution is -0.154. The van der Waals surface area contributed by atoms with Gasteiger partial charge in [0.25, 0.3) is 0 Å². The van der Waals surface area contributed by atoms with Crippen LogP contribution in [0, 0.1) is 13.8 Å². The molecule has 0 aliphatic heterocycles. The topological polar surface area (TPSA) is 180 Å². The Balaban J connectivity index is 1.31. The number of carbonyl (C=O) groups is 1. The Hall–Kier alpha value is -5.33. The van der Waals surface area contributed by atoms with E-state index in [0.717, 1.165) is 0 Å². The largest absolute Gasteiger partial charge is 0.609 e. The first-order valence-electron chi connectivity index (χ1n) is 19.3. The zero-order valence-corrected chi connectivity index (χ0v) is 36.3. The zero-order chi connectivity index (χ0) is 46.2. The van der Waals surface area contributed by atoms with Crippen LogP contribution in [0.3, 0.4) is 0 Å². The van der Waals surface area contributed by atoms with E-state index in [9.17, 15) is 40.2 Å². The van der Waals surface area contributed by atoms with Crippen LogP contribution in [0.5, 0.6) is 11.5 Å². The molecule has 23 heteroatoms. The van der Waals surface area contributed by atoms with Crippen LogP contribution in [-0.2, 0) is 52.8 Å². The van der Waals surface area contributed by atoms with Gasteiger partial charge in [-0.3, -0.25) is 9.97 Å². The molecule has 64 heavy (non-hydrogen) atoms. The number of para-hydroxylation sites is 4. The summed E-state index contributed by atoms with van der Waals surface area (Å²) in [6.45, 7) is -0.0155. The molecule has 4 heterocycles. The fourth-order valence-electron chi connectivity index (χ4n) is 6.51. The van der Waals surface area contributed by atoms with Crippen molar-refractivity contribution in [2.75, 3.05) is 40.6 Å². The van der Waals surface area contributed by atoms with Crippen molar-refractivity contribution < 1.29 is 68.7 Å². The summed E-state index contributed by atoms with van der Waals surface area (Å²) in [4.78, 5) is 31.7. The predicted octanol–water partition coefficient (Wildman–Crippen LogP) is 8.21. The average Bonchev–Trinajstić information content (AvgIpc) is 3.83. The Morgan fingerprint density at radius 3 is 1.42 bits per heavy atom. The van der Waals surface area contributed by atoms with Gasteiger partial charge in [-0.05, 0) is 50.2 Å². The molecule has 0 aliphatic rings. The summed E-state index contributed by atoms with van der Waals surface area (Å²) in [6.07, 6.45) is -10.4. The van der Waals surface area contributed by atoms with Gasteiger partial charge in [-0.2, -0.15) is 36.3 Å². The molecule has 344 valence electrons. The minimum Gasteiger partial charge on any atom is -0.609 e. The van der Waals surface area contributed by atoms with Crippen LogP contribution < -0.4 is 9.47 Å². The number of benzene rings is 2. The van der Waals surface area contributed by atoms with Crippen molar-refractivity contribution in [3.8, 4) is 11.5 Å². The number of halogens is 6. The molecule has 4 aromatic heterocycles. The lowest BCUT2D eigenvalue weighted by Crippen LogP contribution is -2.27. The SMILES string of the molecule is COCCC(OC(=O)OC(CCOC)n1c([S+]([O-])Cc2nccc(OCC(F)(F)F)c2C)nc2ccccc21)n1c([S+]([O-])Cc2nccc(OCC(F)(F)F)c2C)nc2ccccc21. The van der Waals surface area contributed by atoms with E-state index in [2.05, 4.69) is 19.9 Å². The second-order valence-electron chi connectivity index (χ2n) is 14.0. The first-order valence-corrected chi connectivity index (χ1v) is 22.0. The number of carbonyl (C=O) groups excluding carboxylic acids is 1. The Bertz CT molecular complexity index is 2360. The van der Waals surface area contributed by atoms with Gasteiger partial charge in [0.1, 0.15) is 11.5 Å². The maximum absolute atomic E-state index is 14.2. The number of hydrogen-bond donors (Lipinski definition) is 0. The summed E-state index contributed by atoms with van der Waals surface area (Å²) in [5, 5.41) is -0.104. The van der Waals surface area contributed by atoms with Crippen molar-refractivity contribution in [2.45, 2.75) is 73.3 Å². The van der Waals surface area contributed by atoms with E-state index in [1.807, 2.05) is 0 Å². The number of nitrogens with zero attached hydrogens (tertiary/aromatic N) is 6. The van der Waals surface area contributed by atoms with Crippen molar-refractivity contribution in [3.05, 3.63) is 95.6 Å². The second kappa shape index (κ2) is 21.1. The predicted molar refractivity (Wildman–Crippen MR) is 219 cm³/mol. The molecule has 0 saturated heterocycles. The Kier molecular flexibility index (Phi) is 15.9. The van der Waals surface area contributed by atoms with Gasteiger partial charge in [0.15, 0.2) is 37.2 Å². The summed E-state index contributed by atoms with van der Waals surface area (Å²) in [5.74, 6) is -0.778. The first kappa shape index (κ1) is 48.1. The minimum atomic E-state index is -4.59. The van der Waals surface area contributed by atoms with Gasteiger partial charge < -0.3 is 37.5 Å². The molecule has 0 N–H and O–H groups in total. The van der Waals surface area contributed by atoms with Gasteiger partial charge in [-0.15, -0.1) is 0 Å². The maximum Gasteiger partial charge on any atom is 0.512 e. The van der Waals surface area contributed by atoms with E-state index < -0.39 is 66.5 Å². The Morgan fingerprint density at radius 2 is 1.05 bits per heavy atom. The van der Waals surface area contributed by atoms with Crippen molar-refractivity contribution in [1.82, 2.24) is 29.1 Å². The van der Waals surface area contributed by atoms with E-state index in [1.165, 1.54) is 61.7 Å². The van der Waals surface area contributed by atoms with Crippen LogP contribution >= 0.6 is 0 Å². The third kappa shape index (κ3) is 12.1. The molecule has 6 aromatic rings. The first-order chi connectivity index (χ1) is 30.5. The minimum absolute atomic E-state index is 0.00168. The van der Waals surface area contributed by atoms with E-state index in [-0.39, 0.29) is 81.9 Å². The fraction of sp³-hybridized carbons (Fsp3) is 0.390. The highest BCUT2D eigenvalue weighted by atomic mass is 32.2. The molecule has 0 aliphatic carbocycles. The third-order valence-electron chi connectivity index (χ3n) is 9.55. The van der Waals surface area contributed by atoms with Gasteiger partial charge >= 0.3 is 28.8 Å². The van der Waals surface area contributed by atoms with Crippen LogP contribution in [0.2, 0.25) is 0 Å². The van der Waals surface area contributed by atoms with Crippen LogP contribution in [0.25, 0.3) is 22.1 Å². The number of pyridine rings is 2. The summed E-state index contributed by atoms with van der Waals surface area (Å²) in [5.41, 5.74) is 2.44. The molecule has 15 nitrogen and oxygen atoms in total. The van der Waals surface area contributed by atoms with Crippen LogP contribution in [0.15, 0.2) is 83.4 Å². The van der Waals surface area contributed by atoms with E-state index in [0.29, 0.717) is 22.1 Å². The molecule has 0 amide bonds. The molecule has 0 bridgehead atoms. The van der Waals surface area contributed by atoms with Crippen molar-refractivity contribution >= 4 is 50.6 Å². The number of ether oxygens (including phenoxy) is 6. The standard InChI is InChI=1S/C41H42F6N6O9S2/c1-25-29(48-17-13-33(25)59-23-40(42,43)44)21-63(55)37-50-27-9-5-7-11-31(27)52(37)35(15-19-57-3)61-39(54)62-36(16-20-58-4)53-32-12-8-6-10-28(32)51-38(53)64(56)22-30-26(2)34(14-18-49-30)60-24-41(45,46)47/h5-14,17-18,35-36H,15-16,19-24H2,1-4H3. The zero-order valence-electron chi connectivity index (χ0n) is 34.7. The van der Waals surface area contributed by atoms with Gasteiger partial charge in [-0.1, -0.05) is 24.3 Å². The van der Waals surface area contributed by atoms with Crippen LogP contribution in [0.1, 0.15) is 47.8 Å². The van der Waals surface area contributed by atoms with Crippen LogP contribution in [-0.4, -0.2) is 97.3 Å². The summed E-state index contributed by atoms with van der Waals surface area (Å²) < 4.78 is 142. The molecule has 4 atom stereocenters. The molecular weight excluding hydrogens is 899 g/mol. The summed E-state index contributed by atoms with van der Waals surface area (Å²) in [7, 11) is 2.86. The molecule has 0 saturated carbocycles. The lowest BCUT2D eigenvalue weighted by atomic mass is 10.2. The highest BCUT2D eigenvalue weighted by Crippen LogP contribution is 2.34. The van der Waals surface area contributed by atoms with Crippen LogP contribution in [0.4, 0.5) is 31.1 Å². The van der Waals surface area contributed by atoms with E-state index in [4.69, 9.17) is 28.4 Å². The smallest absolute Gasteiger partial charge is 0.512 e. The number of fused-ring (bicyclic) bond motifs is 2. The number of methoxy groups -OCH3 is 2. The maximum atomic E-state index is 14.2. The van der Waals surface area contributed by atoms with Crippen molar-refractivity contribution in [2.24, 2.45) is 0 Å². The van der Waals surface area contributed by atoms with E-state index in [1.54, 1.807) is 48.5 Å². The quantitative estimate of drug-likeness (QED) is 0.0406. The fourth-order valence-corrected chi connectivity index (χ4v) is 9.12. The highest BCUT2D eigenvalue weighted by Gasteiger charge is 2.35.